The second-order valence-electron chi connectivity index (χ2n) is 11.2. The van der Waals surface area contributed by atoms with Crippen molar-refractivity contribution in [1.29, 1.82) is 0 Å². The van der Waals surface area contributed by atoms with Gasteiger partial charge in [0, 0.05) is 19.6 Å². The number of ether oxygens (including phenoxy) is 1. The number of carbonyl (C=O) groups is 2. The molecule has 0 radical (unpaired) electrons. The average molecular weight is 562 g/mol. The summed E-state index contributed by atoms with van der Waals surface area (Å²) in [5.74, 6) is -2.95. The molecule has 1 N–H and O–H groups in total. The molecule has 1 aliphatic rings. The van der Waals surface area contributed by atoms with Gasteiger partial charge >= 0.3 is 12.1 Å². The number of carbonyl (C=O) groups excluding carboxylic acids is 2. The van der Waals surface area contributed by atoms with E-state index in [9.17, 15) is 32.7 Å². The topological polar surface area (TPSA) is 111 Å². The average Bonchev–Trinajstić information content (AvgIpc) is 3.28. The van der Waals surface area contributed by atoms with E-state index in [0.717, 1.165) is 28.9 Å². The number of phenols is 1. The van der Waals surface area contributed by atoms with Crippen LogP contribution in [-0.2, 0) is 22.3 Å². The Morgan fingerprint density at radius 1 is 1.10 bits per heavy atom. The molecule has 1 fully saturated rings. The fourth-order valence-corrected chi connectivity index (χ4v) is 5.64. The number of hydrogen-bond donors (Lipinski definition) is 1. The molecule has 1 heterocycles. The lowest BCUT2D eigenvalue weighted by atomic mass is 9.84. The summed E-state index contributed by atoms with van der Waals surface area (Å²) in [6.45, 7) is 6.54. The van der Waals surface area contributed by atoms with E-state index in [-0.39, 0.29) is 35.6 Å². The van der Waals surface area contributed by atoms with Crippen LogP contribution in [0.15, 0.2) is 47.3 Å². The molecule has 2 aromatic carbocycles. The summed E-state index contributed by atoms with van der Waals surface area (Å²) in [4.78, 5) is 39.8. The van der Waals surface area contributed by atoms with Crippen molar-refractivity contribution in [2.24, 2.45) is 17.8 Å². The van der Waals surface area contributed by atoms with Gasteiger partial charge in [-0.2, -0.15) is 13.2 Å². The summed E-state index contributed by atoms with van der Waals surface area (Å²) in [5.41, 5.74) is -1.37. The summed E-state index contributed by atoms with van der Waals surface area (Å²) in [5, 5.41) is 17.2. The van der Waals surface area contributed by atoms with Crippen LogP contribution in [0.5, 0.6) is 5.75 Å². The van der Waals surface area contributed by atoms with Crippen molar-refractivity contribution in [3.05, 3.63) is 63.9 Å². The fraction of sp³-hybridized carbons (Fsp3) is 0.444. The Labute approximate surface area is 223 Å². The number of nitrogens with zero attached hydrogens (tertiary/aromatic N) is 3. The Kier molecular flexibility index (Phi) is 7.96. The van der Waals surface area contributed by atoms with E-state index in [2.05, 4.69) is 30.0 Å². The van der Waals surface area contributed by atoms with Crippen molar-refractivity contribution < 1.29 is 32.6 Å². The summed E-state index contributed by atoms with van der Waals surface area (Å²) in [6.07, 6.45) is -3.88. The second kappa shape index (κ2) is 10.9. The van der Waals surface area contributed by atoms with Gasteiger partial charge in [0.2, 0.25) is 0 Å². The molecule has 1 aromatic heterocycles. The SMILES string of the molecule is C[Si](C)(C)CCOC(=O)C1C(Cn2nnc3ccc(C(F)(F)F)cc3c2=O)CCC1C(=O)c1ccc(O)cc1. The van der Waals surface area contributed by atoms with E-state index in [0.29, 0.717) is 18.4 Å². The van der Waals surface area contributed by atoms with Crippen LogP contribution in [0, 0.1) is 17.8 Å². The minimum Gasteiger partial charge on any atom is -0.508 e. The highest BCUT2D eigenvalue weighted by atomic mass is 28.3. The smallest absolute Gasteiger partial charge is 0.416 e. The van der Waals surface area contributed by atoms with E-state index in [1.54, 1.807) is 0 Å². The van der Waals surface area contributed by atoms with Crippen molar-refractivity contribution in [2.45, 2.75) is 51.2 Å². The third kappa shape index (κ3) is 6.55. The Hall–Kier alpha value is -3.54. The summed E-state index contributed by atoms with van der Waals surface area (Å²) in [7, 11) is -1.50. The first kappa shape index (κ1) is 28.5. The molecule has 0 amide bonds. The predicted molar refractivity (Wildman–Crippen MR) is 140 cm³/mol. The van der Waals surface area contributed by atoms with E-state index in [1.807, 2.05) is 0 Å². The fourth-order valence-electron chi connectivity index (χ4n) is 4.93. The number of halogens is 3. The molecule has 3 aromatic rings. The number of aromatic hydroxyl groups is 1. The number of aromatic nitrogens is 3. The van der Waals surface area contributed by atoms with Gasteiger partial charge in [0.05, 0.1) is 30.0 Å². The number of alkyl halides is 3. The van der Waals surface area contributed by atoms with Crippen LogP contribution < -0.4 is 5.56 Å². The number of rotatable bonds is 8. The molecule has 1 saturated carbocycles. The molecular weight excluding hydrogens is 531 g/mol. The molecule has 39 heavy (non-hydrogen) atoms. The van der Waals surface area contributed by atoms with E-state index in [4.69, 9.17) is 4.74 Å². The van der Waals surface area contributed by atoms with Crippen LogP contribution >= 0.6 is 0 Å². The van der Waals surface area contributed by atoms with Crippen LogP contribution in [0.25, 0.3) is 10.9 Å². The Balaban J connectivity index is 1.64. The molecule has 208 valence electrons. The zero-order valence-electron chi connectivity index (χ0n) is 21.9. The van der Waals surface area contributed by atoms with Crippen molar-refractivity contribution in [3.63, 3.8) is 0 Å². The Morgan fingerprint density at radius 2 is 1.79 bits per heavy atom. The molecule has 0 saturated heterocycles. The second-order valence-corrected chi connectivity index (χ2v) is 16.8. The zero-order valence-corrected chi connectivity index (χ0v) is 22.9. The molecule has 8 nitrogen and oxygen atoms in total. The first-order valence-electron chi connectivity index (χ1n) is 12.7. The molecule has 4 rings (SSSR count). The first-order chi connectivity index (χ1) is 18.2. The molecule has 3 atom stereocenters. The monoisotopic (exact) mass is 561 g/mol. The Bertz CT molecular complexity index is 1430. The highest BCUT2D eigenvalue weighted by Gasteiger charge is 2.46. The zero-order chi connectivity index (χ0) is 28.5. The molecule has 12 heteroatoms. The highest BCUT2D eigenvalue weighted by Crippen LogP contribution is 2.41. The van der Waals surface area contributed by atoms with Crippen LogP contribution in [0.2, 0.25) is 25.7 Å². The minimum atomic E-state index is -4.63. The van der Waals surface area contributed by atoms with Crippen LogP contribution in [0.3, 0.4) is 0 Å². The van der Waals surface area contributed by atoms with Crippen molar-refractivity contribution >= 4 is 30.7 Å². The number of phenolic OH excluding ortho intramolecular Hbond substituents is 1. The minimum absolute atomic E-state index is 0.00101. The predicted octanol–water partition coefficient (Wildman–Crippen LogP) is 4.92. The quantitative estimate of drug-likeness (QED) is 0.236. The standard InChI is InChI=1S/C27H30F3N3O5Si/c1-39(2,3)13-12-38-26(37)23-17(6-10-20(23)24(35)16-4-8-19(34)9-5-16)15-33-25(36)21-14-18(27(28,29)30)7-11-22(21)31-32-33/h4-5,7-9,11,14,17,20,23,34H,6,10,12-13,15H2,1-3H3. The van der Waals surface area contributed by atoms with Gasteiger partial charge in [0.25, 0.3) is 5.56 Å². The molecule has 3 unspecified atom stereocenters. The van der Waals surface area contributed by atoms with Gasteiger partial charge in [0.15, 0.2) is 5.78 Å². The maximum atomic E-state index is 13.4. The van der Waals surface area contributed by atoms with Crippen molar-refractivity contribution in [3.8, 4) is 5.75 Å². The number of benzene rings is 2. The lowest BCUT2D eigenvalue weighted by Gasteiger charge is -2.24. The first-order valence-corrected chi connectivity index (χ1v) is 16.4. The van der Waals surface area contributed by atoms with Crippen molar-refractivity contribution in [2.75, 3.05) is 6.61 Å². The number of hydrogen-bond acceptors (Lipinski definition) is 7. The van der Waals surface area contributed by atoms with Crippen LogP contribution in [-0.4, -0.2) is 46.5 Å². The number of Topliss-reactive ketones (excluding diaryl/α,β-unsaturated/α-hetero) is 1. The van der Waals surface area contributed by atoms with Gasteiger partial charge in [-0.25, -0.2) is 4.68 Å². The van der Waals surface area contributed by atoms with Gasteiger partial charge in [0.1, 0.15) is 11.3 Å². The Morgan fingerprint density at radius 3 is 2.44 bits per heavy atom. The number of fused-ring (bicyclic) bond motifs is 1. The normalized spacial score (nSPS) is 19.8. The van der Waals surface area contributed by atoms with Crippen LogP contribution in [0.4, 0.5) is 13.2 Å². The maximum absolute atomic E-state index is 13.4. The van der Waals surface area contributed by atoms with Gasteiger partial charge < -0.3 is 9.84 Å². The van der Waals surface area contributed by atoms with Gasteiger partial charge in [-0.05, 0) is 67.3 Å². The number of esters is 1. The van der Waals surface area contributed by atoms with E-state index < -0.39 is 49.1 Å². The lowest BCUT2D eigenvalue weighted by Crippen LogP contribution is -2.36. The highest BCUT2D eigenvalue weighted by molar-refractivity contribution is 6.76. The summed E-state index contributed by atoms with van der Waals surface area (Å²) < 4.78 is 46.3. The maximum Gasteiger partial charge on any atom is 0.416 e. The van der Waals surface area contributed by atoms with E-state index >= 15 is 0 Å². The van der Waals surface area contributed by atoms with Gasteiger partial charge in [-0.3, -0.25) is 14.4 Å². The molecule has 0 spiro atoms. The molecule has 1 aliphatic carbocycles. The lowest BCUT2D eigenvalue weighted by molar-refractivity contribution is -0.150. The summed E-state index contributed by atoms with van der Waals surface area (Å²) >= 11 is 0. The molecular formula is C27H30F3N3O5Si. The van der Waals surface area contributed by atoms with E-state index in [1.165, 1.54) is 24.3 Å². The van der Waals surface area contributed by atoms with Gasteiger partial charge in [-0.1, -0.05) is 24.9 Å². The van der Waals surface area contributed by atoms with Gasteiger partial charge in [-0.15, -0.1) is 5.10 Å². The number of ketones is 1. The van der Waals surface area contributed by atoms with Crippen molar-refractivity contribution in [1.82, 2.24) is 15.0 Å². The third-order valence-corrected chi connectivity index (χ3v) is 8.81. The van der Waals surface area contributed by atoms with Crippen LogP contribution in [0.1, 0.15) is 28.8 Å². The summed E-state index contributed by atoms with van der Waals surface area (Å²) in [6, 6.07) is 9.16. The molecule has 0 bridgehead atoms. The largest absolute Gasteiger partial charge is 0.508 e. The third-order valence-electron chi connectivity index (χ3n) is 7.10. The molecule has 0 aliphatic heterocycles.